The summed E-state index contributed by atoms with van der Waals surface area (Å²) in [5, 5.41) is 13.7. The summed E-state index contributed by atoms with van der Waals surface area (Å²) in [6.07, 6.45) is 11.6. The molecule has 8 heteroatoms. The van der Waals surface area contributed by atoms with E-state index in [9.17, 15) is 18.3 Å². The Morgan fingerprint density at radius 2 is 1.70 bits per heavy atom. The fourth-order valence-electron chi connectivity index (χ4n) is 10.4. The van der Waals surface area contributed by atoms with Crippen molar-refractivity contribution in [2.24, 2.45) is 52.3 Å². The van der Waals surface area contributed by atoms with Crippen LogP contribution in [0.2, 0.25) is 5.02 Å². The highest BCUT2D eigenvalue weighted by Crippen LogP contribution is 2.69. The third kappa shape index (κ3) is 5.44. The molecule has 1 aromatic carbocycles. The number of nitrogens with one attached hydrogen (secondary N) is 2. The van der Waals surface area contributed by atoms with E-state index in [4.69, 9.17) is 11.6 Å². The van der Waals surface area contributed by atoms with Gasteiger partial charge in [0.1, 0.15) is 0 Å². The number of benzene rings is 1. The van der Waals surface area contributed by atoms with Gasteiger partial charge in [-0.1, -0.05) is 45.7 Å². The molecule has 0 radical (unpaired) electrons. The number of hydrogen-bond donors (Lipinski definition) is 3. The minimum absolute atomic E-state index is 0.0125. The minimum Gasteiger partial charge on any atom is -0.393 e. The molecule has 4 saturated carbocycles. The van der Waals surface area contributed by atoms with Crippen molar-refractivity contribution >= 4 is 27.7 Å². The van der Waals surface area contributed by atoms with Gasteiger partial charge >= 0.3 is 6.03 Å². The molecule has 0 aliphatic heterocycles. The molecule has 4 fully saturated rings. The standard InChI is InChI=1S/C32H49ClN2O4S/c1-5-21-18-25-27-11-10-26(31(27,3)16-13-28(25)32(4)15-12-23(36)19-29(21)32)20(2)14-17-34-30(37)35-40(38,39)24-8-6-22(33)7-9-24/h6-9,20-21,23,25-29,36H,5,10-19H2,1-4H3,(H2,34,35,37)/t20-,21+,23-,25+,26-,27+,28+,29+,31-,32-/m1/s1. The van der Waals surface area contributed by atoms with Crippen LogP contribution < -0.4 is 10.0 Å². The number of fused-ring (bicyclic) bond motifs is 5. The average Bonchev–Trinajstić information content (AvgIpc) is 3.26. The van der Waals surface area contributed by atoms with Gasteiger partial charge in [-0.05, 0) is 134 Å². The molecule has 0 saturated heterocycles. The maximum atomic E-state index is 12.5. The van der Waals surface area contributed by atoms with Crippen LogP contribution in [0.15, 0.2) is 29.2 Å². The van der Waals surface area contributed by atoms with E-state index in [2.05, 4.69) is 37.7 Å². The molecule has 1 aromatic rings. The molecule has 0 spiro atoms. The van der Waals surface area contributed by atoms with Gasteiger partial charge in [-0.2, -0.15) is 0 Å². The summed E-state index contributed by atoms with van der Waals surface area (Å²) in [6.45, 7) is 10.3. The predicted octanol–water partition coefficient (Wildman–Crippen LogP) is 7.01. The fourth-order valence-corrected chi connectivity index (χ4v) is 11.4. The van der Waals surface area contributed by atoms with Crippen molar-refractivity contribution in [2.75, 3.05) is 6.54 Å². The molecule has 6 nitrogen and oxygen atoms in total. The van der Waals surface area contributed by atoms with E-state index in [1.807, 2.05) is 0 Å². The maximum Gasteiger partial charge on any atom is 0.328 e. The summed E-state index contributed by atoms with van der Waals surface area (Å²) >= 11 is 5.85. The molecule has 2 amide bonds. The van der Waals surface area contributed by atoms with E-state index < -0.39 is 16.1 Å². The Bertz CT molecular complexity index is 1180. The lowest BCUT2D eigenvalue weighted by Crippen LogP contribution is -2.56. The number of aliphatic hydroxyl groups excluding tert-OH is 1. The number of rotatable bonds is 7. The van der Waals surface area contributed by atoms with Gasteiger partial charge in [0.2, 0.25) is 0 Å². The Morgan fingerprint density at radius 3 is 2.40 bits per heavy atom. The summed E-state index contributed by atoms with van der Waals surface area (Å²) in [5.74, 6) is 4.82. The first-order valence-electron chi connectivity index (χ1n) is 15.6. The van der Waals surface area contributed by atoms with Crippen LogP contribution >= 0.6 is 11.6 Å². The highest BCUT2D eigenvalue weighted by Gasteiger charge is 2.62. The largest absolute Gasteiger partial charge is 0.393 e. The molecule has 40 heavy (non-hydrogen) atoms. The molecule has 224 valence electrons. The second kappa shape index (κ2) is 11.4. The number of urea groups is 1. The van der Waals surface area contributed by atoms with Crippen molar-refractivity contribution in [1.82, 2.24) is 10.0 Å². The lowest BCUT2D eigenvalue weighted by Gasteiger charge is -2.63. The van der Waals surface area contributed by atoms with Crippen LogP contribution in [0, 0.1) is 52.3 Å². The Balaban J connectivity index is 1.19. The second-order valence-corrected chi connectivity index (χ2v) is 16.2. The number of sulfonamides is 1. The number of amides is 2. The van der Waals surface area contributed by atoms with E-state index in [0.717, 1.165) is 42.9 Å². The minimum atomic E-state index is -3.94. The SMILES string of the molecule is CC[C@H]1C[C@@H]2[C@H](CC[C@]3(C)[C@@H]([C@H](C)CCNC(=O)NS(=O)(=O)c4ccc(Cl)cc4)CC[C@@H]23)[C@@]2(C)CC[C@@H](O)C[C@@H]12. The highest BCUT2D eigenvalue weighted by atomic mass is 35.5. The zero-order valence-corrected chi connectivity index (χ0v) is 26.2. The van der Waals surface area contributed by atoms with Crippen molar-refractivity contribution in [1.29, 1.82) is 0 Å². The quantitative estimate of drug-likeness (QED) is 0.317. The van der Waals surface area contributed by atoms with Crippen LogP contribution in [0.4, 0.5) is 4.79 Å². The Labute approximate surface area is 246 Å². The third-order valence-corrected chi connectivity index (χ3v) is 13.9. The van der Waals surface area contributed by atoms with Gasteiger partial charge in [0.25, 0.3) is 10.0 Å². The first-order chi connectivity index (χ1) is 18.9. The van der Waals surface area contributed by atoms with Crippen LogP contribution in [0.3, 0.4) is 0 Å². The van der Waals surface area contributed by atoms with E-state index >= 15 is 0 Å². The Hall–Kier alpha value is -1.31. The van der Waals surface area contributed by atoms with Gasteiger partial charge in [-0.3, -0.25) is 0 Å². The molecule has 4 aliphatic carbocycles. The summed E-state index contributed by atoms with van der Waals surface area (Å²) in [4.78, 5) is 12.4. The molecular formula is C32H49ClN2O4S. The fraction of sp³-hybridized carbons (Fsp3) is 0.781. The maximum absolute atomic E-state index is 12.5. The first-order valence-corrected chi connectivity index (χ1v) is 17.5. The zero-order valence-electron chi connectivity index (χ0n) is 24.7. The summed E-state index contributed by atoms with van der Waals surface area (Å²) < 4.78 is 27.2. The number of carbonyl (C=O) groups excluding carboxylic acids is 1. The van der Waals surface area contributed by atoms with Gasteiger partial charge in [-0.25, -0.2) is 17.9 Å². The average molecular weight is 593 g/mol. The van der Waals surface area contributed by atoms with Gasteiger partial charge in [-0.15, -0.1) is 0 Å². The summed E-state index contributed by atoms with van der Waals surface area (Å²) in [6, 6.07) is 5.07. The molecule has 0 unspecified atom stereocenters. The predicted molar refractivity (Wildman–Crippen MR) is 159 cm³/mol. The van der Waals surface area contributed by atoms with Crippen LogP contribution in [-0.2, 0) is 10.0 Å². The molecule has 0 aromatic heterocycles. The molecule has 4 aliphatic rings. The lowest BCUT2D eigenvalue weighted by atomic mass is 9.42. The lowest BCUT2D eigenvalue weighted by molar-refractivity contribution is -0.152. The molecule has 5 rings (SSSR count). The Kier molecular flexibility index (Phi) is 8.60. The van der Waals surface area contributed by atoms with Gasteiger partial charge in [0.15, 0.2) is 0 Å². The van der Waals surface area contributed by atoms with Gasteiger partial charge < -0.3 is 10.4 Å². The molecule has 0 bridgehead atoms. The van der Waals surface area contributed by atoms with Crippen LogP contribution in [0.5, 0.6) is 0 Å². The Morgan fingerprint density at radius 1 is 1.02 bits per heavy atom. The topological polar surface area (TPSA) is 95.5 Å². The van der Waals surface area contributed by atoms with E-state index in [-0.39, 0.29) is 11.0 Å². The summed E-state index contributed by atoms with van der Waals surface area (Å²) in [7, 11) is -3.94. The van der Waals surface area contributed by atoms with Crippen molar-refractivity contribution < 1.29 is 18.3 Å². The van der Waals surface area contributed by atoms with Crippen LogP contribution in [0.1, 0.15) is 91.9 Å². The highest BCUT2D eigenvalue weighted by molar-refractivity contribution is 7.90. The van der Waals surface area contributed by atoms with Crippen LogP contribution in [-0.4, -0.2) is 32.2 Å². The molecule has 0 heterocycles. The van der Waals surface area contributed by atoms with Crippen molar-refractivity contribution in [2.45, 2.75) is 103 Å². The van der Waals surface area contributed by atoms with E-state index in [0.29, 0.717) is 40.2 Å². The van der Waals surface area contributed by atoms with Crippen molar-refractivity contribution in [3.8, 4) is 0 Å². The van der Waals surface area contributed by atoms with Crippen LogP contribution in [0.25, 0.3) is 0 Å². The molecule has 3 N–H and O–H groups in total. The second-order valence-electron chi connectivity index (χ2n) is 14.1. The molecule has 10 atom stereocenters. The number of halogens is 1. The number of hydrogen-bond acceptors (Lipinski definition) is 4. The summed E-state index contributed by atoms with van der Waals surface area (Å²) in [5.41, 5.74) is 0.702. The third-order valence-electron chi connectivity index (χ3n) is 12.3. The first kappa shape index (κ1) is 30.2. The monoisotopic (exact) mass is 592 g/mol. The van der Waals surface area contributed by atoms with Crippen molar-refractivity contribution in [3.63, 3.8) is 0 Å². The smallest absolute Gasteiger partial charge is 0.328 e. The zero-order chi connectivity index (χ0) is 28.9. The van der Waals surface area contributed by atoms with Gasteiger partial charge in [0, 0.05) is 11.6 Å². The molecular weight excluding hydrogens is 544 g/mol. The normalized spacial score (nSPS) is 39.9. The van der Waals surface area contributed by atoms with Gasteiger partial charge in [0.05, 0.1) is 11.0 Å². The van der Waals surface area contributed by atoms with Crippen molar-refractivity contribution in [3.05, 3.63) is 29.3 Å². The number of carbonyl (C=O) groups is 1. The van der Waals surface area contributed by atoms with E-state index in [1.165, 1.54) is 69.2 Å². The number of aliphatic hydroxyl groups is 1. The van der Waals surface area contributed by atoms with E-state index in [1.54, 1.807) is 0 Å².